The van der Waals surface area contributed by atoms with Crippen LogP contribution >= 0.6 is 0 Å². The molecule has 3 aromatic rings. The Morgan fingerprint density at radius 1 is 1.07 bits per heavy atom. The molecule has 0 saturated carbocycles. The van der Waals surface area contributed by atoms with Gasteiger partial charge in [-0.05, 0) is 36.2 Å². The molecule has 0 aliphatic rings. The summed E-state index contributed by atoms with van der Waals surface area (Å²) in [6.45, 7) is 1.68. The first kappa shape index (κ1) is 21.8. The van der Waals surface area contributed by atoms with E-state index in [1.54, 1.807) is 6.92 Å². The van der Waals surface area contributed by atoms with Crippen LogP contribution in [0.3, 0.4) is 0 Å². The molecule has 1 aromatic heterocycles. The molecule has 0 atom stereocenters. The minimum Gasteiger partial charge on any atom is -0.378 e. The molecule has 10 heteroatoms. The summed E-state index contributed by atoms with van der Waals surface area (Å²) in [4.78, 5) is 1.89. The highest BCUT2D eigenvalue weighted by atomic mass is 32.2. The van der Waals surface area contributed by atoms with Crippen LogP contribution in [-0.4, -0.2) is 27.7 Å². The van der Waals surface area contributed by atoms with Gasteiger partial charge in [0, 0.05) is 38.0 Å². The molecule has 0 saturated heterocycles. The van der Waals surface area contributed by atoms with E-state index in [2.05, 4.69) is 14.4 Å². The van der Waals surface area contributed by atoms with E-state index in [0.717, 1.165) is 17.3 Å². The molecule has 0 fully saturated rings. The van der Waals surface area contributed by atoms with E-state index in [4.69, 9.17) is 0 Å². The van der Waals surface area contributed by atoms with E-state index >= 15 is 0 Å². The zero-order valence-corrected chi connectivity index (χ0v) is 17.3. The Morgan fingerprint density at radius 2 is 1.73 bits per heavy atom. The van der Waals surface area contributed by atoms with Crippen LogP contribution in [0.25, 0.3) is 11.3 Å². The highest BCUT2D eigenvalue weighted by molar-refractivity contribution is 7.89. The van der Waals surface area contributed by atoms with Crippen LogP contribution in [0, 0.1) is 6.92 Å². The molecule has 2 aromatic carbocycles. The molecular formula is C20H20F3N3O3S. The van der Waals surface area contributed by atoms with Crippen molar-refractivity contribution in [1.82, 2.24) is 9.88 Å². The van der Waals surface area contributed by atoms with Gasteiger partial charge in [-0.3, -0.25) is 0 Å². The number of benzene rings is 2. The third-order valence-electron chi connectivity index (χ3n) is 4.48. The predicted molar refractivity (Wildman–Crippen MR) is 106 cm³/mol. The second kappa shape index (κ2) is 8.11. The Labute approximate surface area is 172 Å². The van der Waals surface area contributed by atoms with Gasteiger partial charge in [-0.2, -0.15) is 13.2 Å². The summed E-state index contributed by atoms with van der Waals surface area (Å²) in [5.74, 6) is -1.25. The number of hydrogen-bond acceptors (Lipinski definition) is 5. The number of nitrogens with one attached hydrogen (secondary N) is 1. The van der Waals surface area contributed by atoms with Crippen molar-refractivity contribution in [2.75, 3.05) is 19.0 Å². The van der Waals surface area contributed by atoms with Crippen LogP contribution < -0.4 is 9.62 Å². The summed E-state index contributed by atoms with van der Waals surface area (Å²) in [6, 6.07) is 12.4. The van der Waals surface area contributed by atoms with Gasteiger partial charge in [-0.15, -0.1) is 0 Å². The normalized spacial score (nSPS) is 12.2. The van der Waals surface area contributed by atoms with Gasteiger partial charge in [0.25, 0.3) is 0 Å². The first-order valence-electron chi connectivity index (χ1n) is 8.88. The van der Waals surface area contributed by atoms with E-state index in [0.29, 0.717) is 5.56 Å². The molecule has 6 nitrogen and oxygen atoms in total. The standard InChI is InChI=1S/C20H20F3N3O3S/c1-13-4-7-15(17-11-19(29-25-17)20(21,22)23)10-18(13)30(27,28)24-12-14-5-8-16(9-6-14)26(2)3/h4-11,24H,12H2,1-3H3. The van der Waals surface area contributed by atoms with Crippen LogP contribution in [-0.2, 0) is 22.7 Å². The Kier molecular flexibility index (Phi) is 5.91. The highest BCUT2D eigenvalue weighted by Gasteiger charge is 2.36. The molecule has 0 aliphatic carbocycles. The molecule has 0 amide bonds. The lowest BCUT2D eigenvalue weighted by Gasteiger charge is -2.13. The first-order valence-corrected chi connectivity index (χ1v) is 10.4. The van der Waals surface area contributed by atoms with E-state index in [9.17, 15) is 21.6 Å². The minimum absolute atomic E-state index is 0.0403. The minimum atomic E-state index is -4.67. The summed E-state index contributed by atoms with van der Waals surface area (Å²) >= 11 is 0. The molecule has 1 heterocycles. The number of hydrogen-bond donors (Lipinski definition) is 1. The molecular weight excluding hydrogens is 419 g/mol. The zero-order valence-electron chi connectivity index (χ0n) is 16.5. The maximum atomic E-state index is 12.8. The largest absolute Gasteiger partial charge is 0.452 e. The number of nitrogens with zero attached hydrogens (tertiary/aromatic N) is 2. The van der Waals surface area contributed by atoms with Crippen molar-refractivity contribution < 1.29 is 26.1 Å². The number of anilines is 1. The predicted octanol–water partition coefficient (Wildman–Crippen LogP) is 4.21. The van der Waals surface area contributed by atoms with Crippen LogP contribution in [0.4, 0.5) is 18.9 Å². The average molecular weight is 439 g/mol. The van der Waals surface area contributed by atoms with Crippen molar-refractivity contribution in [3.05, 3.63) is 65.4 Å². The molecule has 3 rings (SSSR count). The van der Waals surface area contributed by atoms with Gasteiger partial charge < -0.3 is 9.42 Å². The number of aromatic nitrogens is 1. The molecule has 0 bridgehead atoms. The number of aryl methyl sites for hydroxylation is 1. The fourth-order valence-electron chi connectivity index (χ4n) is 2.76. The highest BCUT2D eigenvalue weighted by Crippen LogP contribution is 2.33. The van der Waals surface area contributed by atoms with Crippen molar-refractivity contribution in [1.29, 1.82) is 0 Å². The zero-order chi connectivity index (χ0) is 22.1. The third-order valence-corrected chi connectivity index (χ3v) is 6.03. The van der Waals surface area contributed by atoms with Gasteiger partial charge in [-0.1, -0.05) is 29.4 Å². The van der Waals surface area contributed by atoms with Crippen molar-refractivity contribution in [3.63, 3.8) is 0 Å². The van der Waals surface area contributed by atoms with E-state index in [1.807, 2.05) is 43.3 Å². The SMILES string of the molecule is Cc1ccc(-c2cc(C(F)(F)F)on2)cc1S(=O)(=O)NCc1ccc(N(C)C)cc1. The van der Waals surface area contributed by atoms with Crippen LogP contribution in [0.5, 0.6) is 0 Å². The lowest BCUT2D eigenvalue weighted by molar-refractivity contribution is -0.155. The smallest absolute Gasteiger partial charge is 0.378 e. The quantitative estimate of drug-likeness (QED) is 0.623. The second-order valence-corrected chi connectivity index (χ2v) is 8.68. The third kappa shape index (κ3) is 4.82. The van der Waals surface area contributed by atoms with Gasteiger partial charge in [0.2, 0.25) is 15.8 Å². The average Bonchev–Trinajstić information content (AvgIpc) is 3.18. The van der Waals surface area contributed by atoms with Crippen LogP contribution in [0.15, 0.2) is 57.9 Å². The molecule has 0 unspecified atom stereocenters. The lowest BCUT2D eigenvalue weighted by atomic mass is 10.1. The fourth-order valence-corrected chi connectivity index (χ4v) is 4.05. The Hall–Kier alpha value is -2.85. The van der Waals surface area contributed by atoms with E-state index < -0.39 is 22.0 Å². The summed E-state index contributed by atoms with van der Waals surface area (Å²) < 4.78 is 70.7. The van der Waals surface area contributed by atoms with Crippen molar-refractivity contribution in [2.45, 2.75) is 24.5 Å². The molecule has 0 spiro atoms. The summed E-state index contributed by atoms with van der Waals surface area (Å²) in [5, 5.41) is 3.41. The summed E-state index contributed by atoms with van der Waals surface area (Å²) in [5.41, 5.74) is 2.31. The van der Waals surface area contributed by atoms with Gasteiger partial charge in [0.05, 0.1) is 4.90 Å². The van der Waals surface area contributed by atoms with Crippen LogP contribution in [0.1, 0.15) is 16.9 Å². The summed E-state index contributed by atoms with van der Waals surface area (Å²) in [6.07, 6.45) is -4.67. The molecule has 30 heavy (non-hydrogen) atoms. The summed E-state index contributed by atoms with van der Waals surface area (Å²) in [7, 11) is -0.103. The first-order chi connectivity index (χ1) is 14.0. The number of halogens is 3. The van der Waals surface area contributed by atoms with Crippen molar-refractivity contribution >= 4 is 15.7 Å². The monoisotopic (exact) mass is 439 g/mol. The molecule has 160 valence electrons. The maximum absolute atomic E-state index is 12.8. The van der Waals surface area contributed by atoms with E-state index in [1.165, 1.54) is 18.2 Å². The molecule has 0 aliphatic heterocycles. The molecule has 1 N–H and O–H groups in total. The lowest BCUT2D eigenvalue weighted by Crippen LogP contribution is -2.24. The Balaban J connectivity index is 1.83. The number of rotatable bonds is 6. The Morgan fingerprint density at radius 3 is 2.30 bits per heavy atom. The molecule has 0 radical (unpaired) electrons. The number of alkyl halides is 3. The maximum Gasteiger partial charge on any atom is 0.452 e. The topological polar surface area (TPSA) is 75.4 Å². The van der Waals surface area contributed by atoms with Gasteiger partial charge in [0.15, 0.2) is 0 Å². The van der Waals surface area contributed by atoms with Gasteiger partial charge in [-0.25, -0.2) is 13.1 Å². The van der Waals surface area contributed by atoms with E-state index in [-0.39, 0.29) is 22.7 Å². The Bertz CT molecular complexity index is 1140. The van der Waals surface area contributed by atoms with Crippen LogP contribution in [0.2, 0.25) is 0 Å². The van der Waals surface area contributed by atoms with Crippen molar-refractivity contribution in [3.8, 4) is 11.3 Å². The fraction of sp³-hybridized carbons (Fsp3) is 0.250. The van der Waals surface area contributed by atoms with Gasteiger partial charge >= 0.3 is 6.18 Å². The van der Waals surface area contributed by atoms with Crippen molar-refractivity contribution in [2.24, 2.45) is 0 Å². The second-order valence-electron chi connectivity index (χ2n) is 6.94. The number of sulfonamides is 1. The van der Waals surface area contributed by atoms with Gasteiger partial charge in [0.1, 0.15) is 5.69 Å².